The monoisotopic (exact) mass is 386 g/mol. The van der Waals surface area contributed by atoms with Crippen LogP contribution in [0.2, 0.25) is 0 Å². The highest BCUT2D eigenvalue weighted by Gasteiger charge is 2.93. The largest absolute Gasteiger partial charge is 0.386 e. The van der Waals surface area contributed by atoms with Gasteiger partial charge < -0.3 is 15.2 Å². The summed E-state index contributed by atoms with van der Waals surface area (Å²) in [5.41, 5.74) is 6.64. The summed E-state index contributed by atoms with van der Waals surface area (Å²) in [6.07, 6.45) is 0. The minimum Gasteiger partial charge on any atom is -0.386 e. The molecule has 1 aliphatic carbocycles. The van der Waals surface area contributed by atoms with E-state index < -0.39 is 22.7 Å². The Bertz CT molecular complexity index is 1030. The third-order valence-electron chi connectivity index (χ3n) is 5.96. The summed E-state index contributed by atoms with van der Waals surface area (Å²) >= 11 is 0. The second kappa shape index (κ2) is 6.70. The molecule has 1 fully saturated rings. The molecular formula is C23H22N4O2. The van der Waals surface area contributed by atoms with Crippen molar-refractivity contribution in [3.8, 4) is 23.3 Å². The average molecular weight is 386 g/mol. The lowest BCUT2D eigenvalue weighted by Crippen LogP contribution is -2.43. The molecule has 0 radical (unpaired) electrons. The second-order valence-electron chi connectivity index (χ2n) is 7.21. The van der Waals surface area contributed by atoms with E-state index in [-0.39, 0.29) is 19.0 Å². The Labute approximate surface area is 170 Å². The Morgan fingerprint density at radius 1 is 0.931 bits per heavy atom. The number of rotatable bonds is 6. The predicted molar refractivity (Wildman–Crippen MR) is 108 cm³/mol. The molecule has 6 heteroatoms. The SMILES string of the molecule is CCOC1(OCC)N=C(N)C2(C#N)C(c3ccc(-c4ccccc4)cc3)C12C#N. The molecule has 3 unspecified atom stereocenters. The number of fused-ring (bicyclic) bond motifs is 1. The zero-order valence-corrected chi connectivity index (χ0v) is 16.4. The van der Waals surface area contributed by atoms with Gasteiger partial charge in [-0.05, 0) is 30.5 Å². The molecule has 2 N–H and O–H groups in total. The maximum absolute atomic E-state index is 10.2. The van der Waals surface area contributed by atoms with E-state index in [9.17, 15) is 10.5 Å². The first-order chi connectivity index (χ1) is 14.1. The number of hydrogen-bond donors (Lipinski definition) is 1. The molecule has 2 aliphatic rings. The van der Waals surface area contributed by atoms with E-state index in [1.54, 1.807) is 13.8 Å². The maximum atomic E-state index is 10.2. The van der Waals surface area contributed by atoms with Gasteiger partial charge in [-0.25, -0.2) is 4.99 Å². The van der Waals surface area contributed by atoms with Crippen LogP contribution in [0.3, 0.4) is 0 Å². The molecule has 0 spiro atoms. The molecule has 4 rings (SSSR count). The zero-order chi connectivity index (χ0) is 20.7. The van der Waals surface area contributed by atoms with Crippen LogP contribution in [0.15, 0.2) is 59.6 Å². The zero-order valence-electron chi connectivity index (χ0n) is 16.4. The van der Waals surface area contributed by atoms with Gasteiger partial charge in [-0.2, -0.15) is 10.5 Å². The number of amidine groups is 1. The Hall–Kier alpha value is -3.19. The van der Waals surface area contributed by atoms with E-state index in [0.717, 1.165) is 16.7 Å². The highest BCUT2D eigenvalue weighted by molar-refractivity contribution is 6.00. The van der Waals surface area contributed by atoms with Gasteiger partial charge in [0.15, 0.2) is 5.41 Å². The Kier molecular flexibility index (Phi) is 4.42. The van der Waals surface area contributed by atoms with Gasteiger partial charge in [-0.3, -0.25) is 0 Å². The van der Waals surface area contributed by atoms with E-state index in [0.29, 0.717) is 0 Å². The smallest absolute Gasteiger partial charge is 0.293 e. The first-order valence-electron chi connectivity index (χ1n) is 9.68. The van der Waals surface area contributed by atoms with Crippen LogP contribution in [0.5, 0.6) is 0 Å². The summed E-state index contributed by atoms with van der Waals surface area (Å²) in [6, 6.07) is 22.5. The number of ether oxygens (including phenoxy) is 2. The lowest BCUT2D eigenvalue weighted by atomic mass is 9.93. The van der Waals surface area contributed by atoms with Gasteiger partial charge in [0, 0.05) is 19.1 Å². The van der Waals surface area contributed by atoms with Gasteiger partial charge in [0.05, 0.1) is 12.1 Å². The summed E-state index contributed by atoms with van der Waals surface area (Å²) < 4.78 is 11.7. The van der Waals surface area contributed by atoms with Crippen molar-refractivity contribution in [2.75, 3.05) is 13.2 Å². The number of aliphatic imine (C=N–C) groups is 1. The average Bonchev–Trinajstić information content (AvgIpc) is 3.34. The lowest BCUT2D eigenvalue weighted by molar-refractivity contribution is -0.255. The Morgan fingerprint density at radius 3 is 2.03 bits per heavy atom. The van der Waals surface area contributed by atoms with Crippen molar-refractivity contribution in [3.05, 3.63) is 60.2 Å². The highest BCUT2D eigenvalue weighted by atomic mass is 16.7. The van der Waals surface area contributed by atoms with E-state index in [4.69, 9.17) is 15.2 Å². The molecule has 6 nitrogen and oxygen atoms in total. The van der Waals surface area contributed by atoms with Gasteiger partial charge in [0.2, 0.25) is 0 Å². The highest BCUT2D eigenvalue weighted by Crippen LogP contribution is 2.81. The lowest BCUT2D eigenvalue weighted by Gasteiger charge is -2.31. The third-order valence-corrected chi connectivity index (χ3v) is 5.96. The molecule has 0 bridgehead atoms. The molecule has 0 saturated heterocycles. The quantitative estimate of drug-likeness (QED) is 0.764. The fourth-order valence-electron chi connectivity index (χ4n) is 4.75. The molecular weight excluding hydrogens is 364 g/mol. The van der Waals surface area contributed by atoms with Crippen molar-refractivity contribution in [1.29, 1.82) is 10.5 Å². The van der Waals surface area contributed by atoms with Crippen LogP contribution in [-0.2, 0) is 9.47 Å². The Balaban J connectivity index is 1.80. The van der Waals surface area contributed by atoms with Crippen LogP contribution in [0.25, 0.3) is 11.1 Å². The molecule has 0 amide bonds. The number of benzene rings is 2. The molecule has 29 heavy (non-hydrogen) atoms. The van der Waals surface area contributed by atoms with Gasteiger partial charge in [0.1, 0.15) is 11.3 Å². The van der Waals surface area contributed by atoms with E-state index in [1.165, 1.54) is 0 Å². The molecule has 0 aromatic heterocycles. The molecule has 1 saturated carbocycles. The Morgan fingerprint density at radius 2 is 1.52 bits per heavy atom. The van der Waals surface area contributed by atoms with Crippen molar-refractivity contribution < 1.29 is 9.47 Å². The maximum Gasteiger partial charge on any atom is 0.293 e. The van der Waals surface area contributed by atoms with Crippen LogP contribution >= 0.6 is 0 Å². The van der Waals surface area contributed by atoms with Crippen molar-refractivity contribution in [2.45, 2.75) is 25.7 Å². The van der Waals surface area contributed by atoms with E-state index in [2.05, 4.69) is 17.1 Å². The fourth-order valence-corrected chi connectivity index (χ4v) is 4.75. The third kappa shape index (κ3) is 2.25. The topological polar surface area (TPSA) is 104 Å². The van der Waals surface area contributed by atoms with E-state index >= 15 is 0 Å². The second-order valence-corrected chi connectivity index (χ2v) is 7.21. The van der Waals surface area contributed by atoms with Gasteiger partial charge >= 0.3 is 0 Å². The first kappa shape index (κ1) is 19.1. The summed E-state index contributed by atoms with van der Waals surface area (Å²) in [5, 5.41) is 20.3. The standard InChI is InChI=1S/C23H22N4O2/c1-3-28-23(29-4-2)22(15-25)19(21(22,14-24)20(26)27-23)18-12-10-17(11-13-18)16-8-6-5-7-9-16/h5-13,19H,3-4H2,1-2H3,(H2,26,27). The molecule has 146 valence electrons. The van der Waals surface area contributed by atoms with Gasteiger partial charge in [-0.15, -0.1) is 0 Å². The molecule has 3 atom stereocenters. The van der Waals surface area contributed by atoms with Gasteiger partial charge in [0.25, 0.3) is 5.91 Å². The van der Waals surface area contributed by atoms with Crippen molar-refractivity contribution in [3.63, 3.8) is 0 Å². The number of nitrogens with zero attached hydrogens (tertiary/aromatic N) is 3. The van der Waals surface area contributed by atoms with Crippen LogP contribution in [0.4, 0.5) is 0 Å². The van der Waals surface area contributed by atoms with Crippen LogP contribution in [-0.4, -0.2) is 25.0 Å². The molecule has 2 aromatic carbocycles. The van der Waals surface area contributed by atoms with Crippen LogP contribution in [0, 0.1) is 33.5 Å². The van der Waals surface area contributed by atoms with Gasteiger partial charge in [-0.1, -0.05) is 54.6 Å². The molecule has 1 aliphatic heterocycles. The van der Waals surface area contributed by atoms with Crippen LogP contribution < -0.4 is 5.73 Å². The minimum absolute atomic E-state index is 0.0978. The van der Waals surface area contributed by atoms with Crippen LogP contribution in [0.1, 0.15) is 25.3 Å². The summed E-state index contributed by atoms with van der Waals surface area (Å²) in [6.45, 7) is 4.16. The number of nitriles is 2. The fraction of sp³-hybridized carbons (Fsp3) is 0.348. The van der Waals surface area contributed by atoms with Crippen molar-refractivity contribution >= 4 is 5.84 Å². The predicted octanol–water partition coefficient (Wildman–Crippen LogP) is 3.57. The summed E-state index contributed by atoms with van der Waals surface area (Å²) in [5.74, 6) is -1.96. The first-order valence-corrected chi connectivity index (χ1v) is 9.68. The number of nitrogens with two attached hydrogens (primary N) is 1. The summed E-state index contributed by atoms with van der Waals surface area (Å²) in [4.78, 5) is 4.36. The molecule has 1 heterocycles. The van der Waals surface area contributed by atoms with Crippen molar-refractivity contribution in [2.24, 2.45) is 21.6 Å². The minimum atomic E-state index is -1.58. The normalized spacial score (nSPS) is 28.7. The van der Waals surface area contributed by atoms with E-state index in [1.807, 2.05) is 54.6 Å². The van der Waals surface area contributed by atoms with Crippen molar-refractivity contribution in [1.82, 2.24) is 0 Å². The molecule has 2 aromatic rings. The summed E-state index contributed by atoms with van der Waals surface area (Å²) in [7, 11) is 0. The number of hydrogen-bond acceptors (Lipinski definition) is 6.